The molecule has 1 aliphatic rings. The van der Waals surface area contributed by atoms with Gasteiger partial charge < -0.3 is 20.1 Å². The van der Waals surface area contributed by atoms with Crippen molar-refractivity contribution in [1.29, 1.82) is 0 Å². The summed E-state index contributed by atoms with van der Waals surface area (Å²) < 4.78 is 2.17. The Kier molecular flexibility index (Phi) is 7.24. The van der Waals surface area contributed by atoms with Crippen molar-refractivity contribution in [3.05, 3.63) is 107 Å². The number of aromatic nitrogens is 3. The molecule has 38 heavy (non-hydrogen) atoms. The first-order valence-electron chi connectivity index (χ1n) is 12.8. The van der Waals surface area contributed by atoms with E-state index in [-0.39, 0.29) is 18.0 Å². The monoisotopic (exact) mass is 524 g/mol. The molecule has 194 valence electrons. The molecule has 4 aromatic rings. The Morgan fingerprint density at radius 2 is 1.76 bits per heavy atom. The van der Waals surface area contributed by atoms with Gasteiger partial charge in [-0.05, 0) is 87.4 Å². The summed E-state index contributed by atoms with van der Waals surface area (Å²) in [5.74, 6) is 0.829. The molecule has 0 aliphatic carbocycles. The normalized spacial score (nSPS) is 16.9. The van der Waals surface area contributed by atoms with Gasteiger partial charge >= 0.3 is 0 Å². The largest absolute Gasteiger partial charge is 0.352 e. The third-order valence-corrected chi connectivity index (χ3v) is 7.38. The van der Waals surface area contributed by atoms with E-state index in [4.69, 9.17) is 12.2 Å². The molecule has 3 aromatic heterocycles. The summed E-state index contributed by atoms with van der Waals surface area (Å²) >= 11 is 5.82. The van der Waals surface area contributed by atoms with Crippen molar-refractivity contribution in [3.8, 4) is 5.82 Å². The Hall–Kier alpha value is -4.04. The average Bonchev–Trinajstić information content (AvgIpc) is 3.39. The van der Waals surface area contributed by atoms with Gasteiger partial charge in [0.15, 0.2) is 5.11 Å². The van der Waals surface area contributed by atoms with Gasteiger partial charge in [0.05, 0.1) is 17.8 Å². The van der Waals surface area contributed by atoms with E-state index < -0.39 is 0 Å². The van der Waals surface area contributed by atoms with E-state index in [9.17, 15) is 4.79 Å². The molecule has 0 saturated carbocycles. The predicted molar refractivity (Wildman–Crippen MR) is 154 cm³/mol. The summed E-state index contributed by atoms with van der Waals surface area (Å²) in [7, 11) is 0. The predicted octanol–water partition coefficient (Wildman–Crippen LogP) is 5.50. The number of carbonyl (C=O) groups excluding carboxylic acids is 1. The number of thiocarbonyl (C=S) groups is 1. The van der Waals surface area contributed by atoms with Crippen molar-refractivity contribution in [3.63, 3.8) is 0 Å². The van der Waals surface area contributed by atoms with Gasteiger partial charge in [0.2, 0.25) is 5.91 Å². The second kappa shape index (κ2) is 10.8. The van der Waals surface area contributed by atoms with Crippen LogP contribution in [0.3, 0.4) is 0 Å². The molecule has 4 heterocycles. The van der Waals surface area contributed by atoms with Gasteiger partial charge in [-0.25, -0.2) is 4.98 Å². The maximum Gasteiger partial charge on any atom is 0.226 e. The minimum atomic E-state index is -0.149. The molecule has 1 saturated heterocycles. The molecule has 2 N–H and O–H groups in total. The van der Waals surface area contributed by atoms with Gasteiger partial charge in [-0.1, -0.05) is 29.8 Å². The molecule has 8 heteroatoms. The van der Waals surface area contributed by atoms with Crippen LogP contribution in [0.15, 0.2) is 73.1 Å². The van der Waals surface area contributed by atoms with Crippen molar-refractivity contribution in [2.24, 2.45) is 0 Å². The van der Waals surface area contributed by atoms with Gasteiger partial charge in [0.25, 0.3) is 0 Å². The number of hydrogen-bond acceptors (Lipinski definition) is 4. The Labute approximate surface area is 228 Å². The first-order valence-corrected chi connectivity index (χ1v) is 13.2. The second-order valence-corrected chi connectivity index (χ2v) is 10.2. The Morgan fingerprint density at radius 3 is 2.45 bits per heavy atom. The quantitative estimate of drug-likeness (QED) is 0.311. The third kappa shape index (κ3) is 5.17. The van der Waals surface area contributed by atoms with Crippen LogP contribution in [0.2, 0.25) is 0 Å². The molecule has 1 amide bonds. The van der Waals surface area contributed by atoms with Crippen LogP contribution < -0.4 is 10.6 Å². The highest BCUT2D eigenvalue weighted by molar-refractivity contribution is 7.80. The number of nitrogens with one attached hydrogen (secondary N) is 2. The number of pyridine rings is 2. The van der Waals surface area contributed by atoms with Gasteiger partial charge in [-0.15, -0.1) is 0 Å². The molecule has 5 rings (SSSR count). The number of benzene rings is 1. The van der Waals surface area contributed by atoms with Gasteiger partial charge in [-0.2, -0.15) is 0 Å². The first kappa shape index (κ1) is 25.6. The summed E-state index contributed by atoms with van der Waals surface area (Å²) in [6.07, 6.45) is 3.99. The van der Waals surface area contributed by atoms with Crippen molar-refractivity contribution in [1.82, 2.24) is 24.8 Å². The van der Waals surface area contributed by atoms with E-state index in [1.54, 1.807) is 6.20 Å². The fraction of sp³-hybridized carbons (Fsp3) is 0.267. The minimum absolute atomic E-state index is 0.0500. The Bertz CT molecular complexity index is 1450. The highest BCUT2D eigenvalue weighted by Gasteiger charge is 2.41. The van der Waals surface area contributed by atoms with Crippen LogP contribution in [-0.2, 0) is 4.79 Å². The van der Waals surface area contributed by atoms with E-state index in [1.807, 2.05) is 68.6 Å². The highest BCUT2D eigenvalue weighted by atomic mass is 32.1. The lowest BCUT2D eigenvalue weighted by Gasteiger charge is -2.28. The zero-order valence-corrected chi connectivity index (χ0v) is 22.9. The lowest BCUT2D eigenvalue weighted by Crippen LogP contribution is -2.32. The van der Waals surface area contributed by atoms with E-state index in [0.29, 0.717) is 18.1 Å². The number of carbonyl (C=O) groups is 1. The molecule has 0 bridgehead atoms. The lowest BCUT2D eigenvalue weighted by atomic mass is 9.96. The van der Waals surface area contributed by atoms with Crippen LogP contribution in [0.25, 0.3) is 5.82 Å². The van der Waals surface area contributed by atoms with E-state index in [1.165, 1.54) is 0 Å². The maximum atomic E-state index is 12.9. The SMILES string of the molecule is Cc1ccc(NC(=O)CCN2C(=S)NC(c3ccccn3)C2c2cc(C)n(-c3ccc(C)cn3)c2C)cc1. The van der Waals surface area contributed by atoms with Crippen molar-refractivity contribution >= 4 is 28.9 Å². The van der Waals surface area contributed by atoms with E-state index in [0.717, 1.165) is 45.3 Å². The zero-order chi connectivity index (χ0) is 26.8. The number of anilines is 1. The number of hydrogen-bond donors (Lipinski definition) is 2. The van der Waals surface area contributed by atoms with Crippen LogP contribution in [0, 0.1) is 27.7 Å². The molecule has 0 radical (unpaired) electrons. The molecule has 7 nitrogen and oxygen atoms in total. The fourth-order valence-electron chi connectivity index (χ4n) is 5.10. The molecule has 1 aliphatic heterocycles. The zero-order valence-electron chi connectivity index (χ0n) is 22.1. The smallest absolute Gasteiger partial charge is 0.226 e. The summed E-state index contributed by atoms with van der Waals surface area (Å²) in [6, 6.07) is 19.8. The molecular formula is C30H32N6OS. The highest BCUT2D eigenvalue weighted by Crippen LogP contribution is 2.41. The maximum absolute atomic E-state index is 12.9. The second-order valence-electron chi connectivity index (χ2n) is 9.84. The summed E-state index contributed by atoms with van der Waals surface area (Å²) in [4.78, 5) is 24.3. The molecule has 2 atom stereocenters. The molecular weight excluding hydrogens is 492 g/mol. The summed E-state index contributed by atoms with van der Waals surface area (Å²) in [6.45, 7) is 8.74. The van der Waals surface area contributed by atoms with E-state index >= 15 is 0 Å². The lowest BCUT2D eigenvalue weighted by molar-refractivity contribution is -0.116. The van der Waals surface area contributed by atoms with Crippen LogP contribution in [0.5, 0.6) is 0 Å². The summed E-state index contributed by atoms with van der Waals surface area (Å²) in [5, 5.41) is 7.11. The molecule has 2 unspecified atom stereocenters. The first-order chi connectivity index (χ1) is 18.3. The molecule has 1 fully saturated rings. The Balaban J connectivity index is 1.46. The molecule has 1 aromatic carbocycles. The van der Waals surface area contributed by atoms with Crippen LogP contribution in [-0.4, -0.2) is 37.0 Å². The number of nitrogens with zero attached hydrogens (tertiary/aromatic N) is 4. The average molecular weight is 525 g/mol. The van der Waals surface area contributed by atoms with E-state index in [2.05, 4.69) is 56.0 Å². The van der Waals surface area contributed by atoms with Gasteiger partial charge in [-0.3, -0.25) is 9.78 Å². The fourth-order valence-corrected chi connectivity index (χ4v) is 5.43. The Morgan fingerprint density at radius 1 is 1.00 bits per heavy atom. The number of rotatable bonds is 7. The van der Waals surface area contributed by atoms with Crippen LogP contribution in [0.4, 0.5) is 5.69 Å². The minimum Gasteiger partial charge on any atom is -0.352 e. The van der Waals surface area contributed by atoms with Gasteiger partial charge in [0, 0.05) is 42.4 Å². The number of amides is 1. The summed E-state index contributed by atoms with van der Waals surface area (Å²) in [5.41, 5.74) is 7.27. The topological polar surface area (TPSA) is 75.1 Å². The number of aryl methyl sites for hydroxylation is 3. The van der Waals surface area contributed by atoms with Crippen molar-refractivity contribution in [2.75, 3.05) is 11.9 Å². The van der Waals surface area contributed by atoms with Crippen LogP contribution >= 0.6 is 12.2 Å². The van der Waals surface area contributed by atoms with Crippen LogP contribution in [0.1, 0.15) is 52.3 Å². The third-order valence-electron chi connectivity index (χ3n) is 7.03. The standard InChI is InChI=1S/C30H32N6OS/c1-19-8-11-23(12-9-19)33-27(37)14-16-35-29(28(34-30(35)38)25-7-5-6-15-31-25)24-17-21(3)36(22(24)4)26-13-10-20(2)18-32-26/h5-13,15,17-18,28-29H,14,16H2,1-4H3,(H,33,37)(H,34,38). The van der Waals surface area contributed by atoms with Crippen molar-refractivity contribution in [2.45, 2.75) is 46.2 Å². The van der Waals surface area contributed by atoms with Crippen molar-refractivity contribution < 1.29 is 4.79 Å². The van der Waals surface area contributed by atoms with Gasteiger partial charge in [0.1, 0.15) is 5.82 Å². The molecule has 0 spiro atoms.